The number of sulfonamides is 1. The summed E-state index contributed by atoms with van der Waals surface area (Å²) >= 11 is 0. The Hall–Kier alpha value is -2.74. The predicted octanol–water partition coefficient (Wildman–Crippen LogP) is 3.76. The van der Waals surface area contributed by atoms with E-state index < -0.39 is 16.1 Å². The molecule has 2 aromatic rings. The summed E-state index contributed by atoms with van der Waals surface area (Å²) in [5.74, 6) is 1.42. The van der Waals surface area contributed by atoms with Crippen LogP contribution in [0, 0.1) is 5.92 Å². The molecular formula is C23H32N2O5S. The summed E-state index contributed by atoms with van der Waals surface area (Å²) in [5, 5.41) is 3.08. The molecule has 8 heteroatoms. The number of benzene rings is 2. The highest BCUT2D eigenvalue weighted by Crippen LogP contribution is 2.25. The molecule has 0 aromatic heterocycles. The van der Waals surface area contributed by atoms with Gasteiger partial charge in [-0.15, -0.1) is 0 Å². The second kappa shape index (κ2) is 10.5. The molecule has 1 amide bonds. The van der Waals surface area contributed by atoms with Crippen LogP contribution in [0.4, 0.5) is 5.69 Å². The summed E-state index contributed by atoms with van der Waals surface area (Å²) in [5.41, 5.74) is 1.52. The van der Waals surface area contributed by atoms with Gasteiger partial charge < -0.3 is 14.8 Å². The Morgan fingerprint density at radius 3 is 2.03 bits per heavy atom. The number of nitrogens with one attached hydrogen (secondary N) is 1. The number of ether oxygens (including phenoxy) is 2. The van der Waals surface area contributed by atoms with E-state index in [9.17, 15) is 13.2 Å². The van der Waals surface area contributed by atoms with Gasteiger partial charge in [0.15, 0.2) is 6.10 Å². The van der Waals surface area contributed by atoms with Crippen molar-refractivity contribution in [3.8, 4) is 11.5 Å². The third-order valence-electron chi connectivity index (χ3n) is 4.92. The number of rotatable bonds is 10. The molecule has 0 aliphatic heterocycles. The van der Waals surface area contributed by atoms with E-state index in [4.69, 9.17) is 9.47 Å². The zero-order valence-electron chi connectivity index (χ0n) is 19.0. The van der Waals surface area contributed by atoms with Gasteiger partial charge in [-0.05, 0) is 61.2 Å². The number of hydrogen-bond donors (Lipinski definition) is 1. The molecule has 2 atom stereocenters. The molecule has 0 spiro atoms. The normalized spacial score (nSPS) is 13.4. The first kappa shape index (κ1) is 24.5. The number of anilines is 1. The van der Waals surface area contributed by atoms with Gasteiger partial charge in [-0.25, -0.2) is 8.42 Å². The maximum Gasteiger partial charge on any atom is 0.261 e. The molecule has 0 aliphatic carbocycles. The molecule has 0 aliphatic rings. The highest BCUT2D eigenvalue weighted by atomic mass is 32.2. The van der Waals surface area contributed by atoms with Crippen LogP contribution in [0.15, 0.2) is 48.5 Å². The number of nitrogens with zero attached hydrogens (tertiary/aromatic N) is 1. The standard InChI is InChI=1S/C23H32N2O5S/c1-16(2)15-22(18-7-11-20(29-5)12-8-18)24-23(26)17(3)30-21-13-9-19(10-14-21)25(4)31(6,27)28/h7-14,16-17,22H,15H2,1-6H3,(H,24,26)/t17-,22+/m0/s1. The van der Waals surface area contributed by atoms with Crippen LogP contribution in [0.1, 0.15) is 38.8 Å². The molecule has 2 aromatic carbocycles. The Kier molecular flexibility index (Phi) is 8.33. The van der Waals surface area contributed by atoms with Gasteiger partial charge in [-0.2, -0.15) is 0 Å². The Bertz CT molecular complexity index is 956. The fourth-order valence-electron chi connectivity index (χ4n) is 3.06. The SMILES string of the molecule is COc1ccc([C@@H](CC(C)C)NC(=O)[C@H](C)Oc2ccc(N(C)S(C)(=O)=O)cc2)cc1. The van der Waals surface area contributed by atoms with Crippen LogP contribution >= 0.6 is 0 Å². The van der Waals surface area contributed by atoms with Crippen molar-refractivity contribution in [2.24, 2.45) is 5.92 Å². The summed E-state index contributed by atoms with van der Waals surface area (Å²) in [6, 6.07) is 14.1. The van der Waals surface area contributed by atoms with E-state index in [-0.39, 0.29) is 11.9 Å². The molecular weight excluding hydrogens is 416 g/mol. The van der Waals surface area contributed by atoms with Crippen molar-refractivity contribution < 1.29 is 22.7 Å². The van der Waals surface area contributed by atoms with Crippen LogP contribution in [0.25, 0.3) is 0 Å². The first-order valence-corrected chi connectivity index (χ1v) is 12.0. The van der Waals surface area contributed by atoms with Crippen molar-refractivity contribution >= 4 is 21.6 Å². The Labute approximate surface area is 185 Å². The van der Waals surface area contributed by atoms with Crippen molar-refractivity contribution in [2.45, 2.75) is 39.3 Å². The van der Waals surface area contributed by atoms with Crippen molar-refractivity contribution in [1.82, 2.24) is 5.32 Å². The highest BCUT2D eigenvalue weighted by molar-refractivity contribution is 7.92. The van der Waals surface area contributed by atoms with E-state index in [1.807, 2.05) is 24.3 Å². The van der Waals surface area contributed by atoms with Crippen LogP contribution in [0.3, 0.4) is 0 Å². The first-order valence-electron chi connectivity index (χ1n) is 10.2. The fourth-order valence-corrected chi connectivity index (χ4v) is 3.56. The van der Waals surface area contributed by atoms with Crippen LogP contribution in [-0.2, 0) is 14.8 Å². The summed E-state index contributed by atoms with van der Waals surface area (Å²) in [6.07, 6.45) is 1.21. The molecule has 1 N–H and O–H groups in total. The maximum atomic E-state index is 12.8. The van der Waals surface area contributed by atoms with E-state index in [2.05, 4.69) is 19.2 Å². The van der Waals surface area contributed by atoms with E-state index >= 15 is 0 Å². The van der Waals surface area contributed by atoms with Crippen molar-refractivity contribution in [2.75, 3.05) is 24.7 Å². The van der Waals surface area contributed by atoms with Crippen LogP contribution < -0.4 is 19.1 Å². The number of carbonyl (C=O) groups excluding carboxylic acids is 1. The number of hydrogen-bond acceptors (Lipinski definition) is 5. The number of carbonyl (C=O) groups is 1. The van der Waals surface area contributed by atoms with Gasteiger partial charge >= 0.3 is 0 Å². The quantitative estimate of drug-likeness (QED) is 0.598. The van der Waals surface area contributed by atoms with Crippen molar-refractivity contribution in [3.63, 3.8) is 0 Å². The maximum absolute atomic E-state index is 12.8. The largest absolute Gasteiger partial charge is 0.497 e. The molecule has 0 radical (unpaired) electrons. The lowest BCUT2D eigenvalue weighted by molar-refractivity contribution is -0.128. The van der Waals surface area contributed by atoms with Gasteiger partial charge in [0.25, 0.3) is 5.91 Å². The van der Waals surface area contributed by atoms with E-state index in [0.717, 1.165) is 24.0 Å². The van der Waals surface area contributed by atoms with Gasteiger partial charge in [0.1, 0.15) is 11.5 Å². The molecule has 170 valence electrons. The molecule has 0 unspecified atom stereocenters. The average Bonchev–Trinajstić information content (AvgIpc) is 2.72. The number of amides is 1. The zero-order chi connectivity index (χ0) is 23.2. The third kappa shape index (κ3) is 7.17. The summed E-state index contributed by atoms with van der Waals surface area (Å²) in [4.78, 5) is 12.8. The summed E-state index contributed by atoms with van der Waals surface area (Å²) in [6.45, 7) is 5.90. The second-order valence-electron chi connectivity index (χ2n) is 7.95. The lowest BCUT2D eigenvalue weighted by Gasteiger charge is -2.24. The van der Waals surface area contributed by atoms with Crippen LogP contribution in [0.2, 0.25) is 0 Å². The molecule has 0 saturated carbocycles. The Balaban J connectivity index is 2.06. The molecule has 7 nitrogen and oxygen atoms in total. The van der Waals surface area contributed by atoms with Crippen LogP contribution in [-0.4, -0.2) is 40.8 Å². The predicted molar refractivity (Wildman–Crippen MR) is 123 cm³/mol. The zero-order valence-corrected chi connectivity index (χ0v) is 19.8. The van der Waals surface area contributed by atoms with Crippen LogP contribution in [0.5, 0.6) is 11.5 Å². The average molecular weight is 449 g/mol. The van der Waals surface area contributed by atoms with Gasteiger partial charge in [0.05, 0.1) is 25.1 Å². The molecule has 31 heavy (non-hydrogen) atoms. The van der Waals surface area contributed by atoms with Crippen molar-refractivity contribution in [1.29, 1.82) is 0 Å². The molecule has 0 saturated heterocycles. The van der Waals surface area contributed by atoms with Gasteiger partial charge in [-0.1, -0.05) is 26.0 Å². The van der Waals surface area contributed by atoms with Gasteiger partial charge in [0.2, 0.25) is 10.0 Å². The van der Waals surface area contributed by atoms with E-state index in [1.165, 1.54) is 11.4 Å². The Morgan fingerprint density at radius 1 is 1.00 bits per heavy atom. The molecule has 0 bridgehead atoms. The van der Waals surface area contributed by atoms with E-state index in [0.29, 0.717) is 17.4 Å². The molecule has 0 heterocycles. The smallest absolute Gasteiger partial charge is 0.261 e. The lowest BCUT2D eigenvalue weighted by atomic mass is 9.96. The van der Waals surface area contributed by atoms with Crippen molar-refractivity contribution in [3.05, 3.63) is 54.1 Å². The summed E-state index contributed by atoms with van der Waals surface area (Å²) < 4.78 is 35.5. The minimum Gasteiger partial charge on any atom is -0.497 e. The molecule has 0 fully saturated rings. The fraction of sp³-hybridized carbons (Fsp3) is 0.435. The highest BCUT2D eigenvalue weighted by Gasteiger charge is 2.21. The van der Waals surface area contributed by atoms with Gasteiger partial charge in [-0.3, -0.25) is 9.10 Å². The van der Waals surface area contributed by atoms with E-state index in [1.54, 1.807) is 38.3 Å². The monoisotopic (exact) mass is 448 g/mol. The minimum atomic E-state index is -3.34. The minimum absolute atomic E-state index is 0.143. The molecule has 2 rings (SSSR count). The van der Waals surface area contributed by atoms with Gasteiger partial charge in [0, 0.05) is 7.05 Å². The third-order valence-corrected chi connectivity index (χ3v) is 6.13. The summed E-state index contributed by atoms with van der Waals surface area (Å²) in [7, 11) is -0.239. The lowest BCUT2D eigenvalue weighted by Crippen LogP contribution is -2.39. The number of methoxy groups -OCH3 is 1. The topological polar surface area (TPSA) is 84.9 Å². The first-order chi connectivity index (χ1) is 14.5. The second-order valence-corrected chi connectivity index (χ2v) is 9.96. The Morgan fingerprint density at radius 2 is 1.55 bits per heavy atom.